The van der Waals surface area contributed by atoms with Gasteiger partial charge >= 0.3 is 7.12 Å². The van der Waals surface area contributed by atoms with Gasteiger partial charge in [-0.05, 0) is 12.5 Å². The van der Waals surface area contributed by atoms with Crippen molar-refractivity contribution in [1.82, 2.24) is 0 Å². The van der Waals surface area contributed by atoms with E-state index in [4.69, 9.17) is 9.31 Å². The Bertz CT molecular complexity index is 313. The molecule has 0 radical (unpaired) electrons. The maximum Gasteiger partial charge on any atom is 0.486 e. The van der Waals surface area contributed by atoms with Crippen molar-refractivity contribution in [3.63, 3.8) is 0 Å². The fraction of sp³-hybridized carbons (Fsp3) is 0.273. The first-order valence-electron chi connectivity index (χ1n) is 4.83. The van der Waals surface area contributed by atoms with Crippen molar-refractivity contribution in [3.05, 3.63) is 41.4 Å². The smallest absolute Gasteiger partial charge is 0.405 e. The van der Waals surface area contributed by atoms with E-state index in [0.717, 1.165) is 0 Å². The Morgan fingerprint density at radius 1 is 1.14 bits per heavy atom. The van der Waals surface area contributed by atoms with Crippen LogP contribution in [0.5, 0.6) is 0 Å². The molecule has 14 heavy (non-hydrogen) atoms. The maximum absolute atomic E-state index is 5.29. The lowest BCUT2D eigenvalue weighted by Crippen LogP contribution is -2.09. The van der Waals surface area contributed by atoms with Gasteiger partial charge in [0.15, 0.2) is 0 Å². The maximum atomic E-state index is 5.29. The average Bonchev–Trinajstić information content (AvgIpc) is 2.70. The summed E-state index contributed by atoms with van der Waals surface area (Å²) in [5.74, 6) is 1.94. The van der Waals surface area contributed by atoms with E-state index in [1.165, 1.54) is 11.1 Å². The van der Waals surface area contributed by atoms with E-state index in [1.807, 2.05) is 12.1 Å². The van der Waals surface area contributed by atoms with Gasteiger partial charge in [-0.2, -0.15) is 0 Å². The second kappa shape index (κ2) is 4.44. The molecule has 1 heterocycles. The van der Waals surface area contributed by atoms with Crippen LogP contribution in [0.1, 0.15) is 11.1 Å². The van der Waals surface area contributed by atoms with Crippen LogP contribution in [0.15, 0.2) is 30.2 Å². The normalized spacial score (nSPS) is 16.8. The zero-order valence-corrected chi connectivity index (χ0v) is 8.27. The van der Waals surface area contributed by atoms with E-state index in [0.29, 0.717) is 13.2 Å². The monoisotopic (exact) mass is 188 g/mol. The summed E-state index contributed by atoms with van der Waals surface area (Å²) in [4.78, 5) is 0. The highest BCUT2D eigenvalue weighted by atomic mass is 16.6. The minimum atomic E-state index is -0.156. The molecule has 72 valence electrons. The molecule has 1 aliphatic heterocycles. The number of hydrogen-bond donors (Lipinski definition) is 0. The molecule has 1 saturated heterocycles. The Kier molecular flexibility index (Phi) is 3.01. The first-order valence-corrected chi connectivity index (χ1v) is 4.83. The summed E-state index contributed by atoms with van der Waals surface area (Å²) >= 11 is 0. The van der Waals surface area contributed by atoms with E-state index in [9.17, 15) is 0 Å². The molecular weight excluding hydrogens is 175 g/mol. The van der Waals surface area contributed by atoms with E-state index >= 15 is 0 Å². The molecule has 2 rings (SSSR count). The third-order valence-corrected chi connectivity index (χ3v) is 2.17. The lowest BCUT2D eigenvalue weighted by molar-refractivity contribution is 0.365. The first kappa shape index (κ1) is 9.50. The molecule has 0 aliphatic carbocycles. The van der Waals surface area contributed by atoms with Crippen molar-refractivity contribution < 1.29 is 9.31 Å². The van der Waals surface area contributed by atoms with E-state index in [2.05, 4.69) is 31.2 Å². The fourth-order valence-electron chi connectivity index (χ4n) is 1.35. The second-order valence-corrected chi connectivity index (χ2v) is 3.38. The molecule has 1 aromatic carbocycles. The summed E-state index contributed by atoms with van der Waals surface area (Å²) in [6.45, 7) is 3.47. The minimum Gasteiger partial charge on any atom is -0.405 e. The Morgan fingerprint density at radius 2 is 1.79 bits per heavy atom. The molecule has 1 fully saturated rings. The van der Waals surface area contributed by atoms with Crippen molar-refractivity contribution in [3.8, 4) is 0 Å². The van der Waals surface area contributed by atoms with E-state index < -0.39 is 0 Å². The van der Waals surface area contributed by atoms with Crippen LogP contribution in [0.25, 0.3) is 6.08 Å². The first-order chi connectivity index (χ1) is 6.84. The SMILES string of the molecule is Cc1ccc(/C=C/B2OCCO2)cc1. The molecule has 0 unspecified atom stereocenters. The second-order valence-electron chi connectivity index (χ2n) is 3.38. The highest BCUT2D eigenvalue weighted by Gasteiger charge is 2.19. The molecule has 0 saturated carbocycles. The summed E-state index contributed by atoms with van der Waals surface area (Å²) < 4.78 is 10.6. The molecule has 0 amide bonds. The zero-order chi connectivity index (χ0) is 9.80. The molecule has 1 aromatic rings. The van der Waals surface area contributed by atoms with Crippen LogP contribution in [0, 0.1) is 6.92 Å². The van der Waals surface area contributed by atoms with Gasteiger partial charge in [0, 0.05) is 0 Å². The van der Waals surface area contributed by atoms with Crippen molar-refractivity contribution in [2.45, 2.75) is 6.92 Å². The van der Waals surface area contributed by atoms with Crippen LogP contribution in [0.4, 0.5) is 0 Å². The van der Waals surface area contributed by atoms with Gasteiger partial charge in [0.1, 0.15) is 0 Å². The van der Waals surface area contributed by atoms with Crippen molar-refractivity contribution in [1.29, 1.82) is 0 Å². The van der Waals surface area contributed by atoms with Gasteiger partial charge in [0.2, 0.25) is 0 Å². The zero-order valence-electron chi connectivity index (χ0n) is 8.27. The minimum absolute atomic E-state index is 0.156. The van der Waals surface area contributed by atoms with Gasteiger partial charge in [-0.25, -0.2) is 0 Å². The van der Waals surface area contributed by atoms with Crippen molar-refractivity contribution in [2.24, 2.45) is 0 Å². The summed E-state index contributed by atoms with van der Waals surface area (Å²) in [7, 11) is -0.156. The van der Waals surface area contributed by atoms with Gasteiger partial charge in [0.25, 0.3) is 0 Å². The van der Waals surface area contributed by atoms with Crippen molar-refractivity contribution in [2.75, 3.05) is 13.2 Å². The molecule has 0 spiro atoms. The Balaban J connectivity index is 1.99. The van der Waals surface area contributed by atoms with Gasteiger partial charge in [-0.15, -0.1) is 0 Å². The molecule has 0 atom stereocenters. The van der Waals surface area contributed by atoms with Crippen LogP contribution in [0.2, 0.25) is 0 Å². The topological polar surface area (TPSA) is 18.5 Å². The van der Waals surface area contributed by atoms with Crippen LogP contribution < -0.4 is 0 Å². The van der Waals surface area contributed by atoms with Crippen molar-refractivity contribution >= 4 is 13.2 Å². The number of hydrogen-bond acceptors (Lipinski definition) is 2. The third-order valence-electron chi connectivity index (χ3n) is 2.17. The molecule has 0 aromatic heterocycles. The van der Waals surface area contributed by atoms with Gasteiger partial charge in [0.05, 0.1) is 13.2 Å². The standard InChI is InChI=1S/C11H13BO2/c1-10-2-4-11(5-3-10)6-7-12-13-8-9-14-12/h2-7H,8-9H2,1H3/b7-6+. The predicted octanol–water partition coefficient (Wildman–Crippen LogP) is 2.08. The summed E-state index contributed by atoms with van der Waals surface area (Å²) in [6, 6.07) is 8.35. The van der Waals surface area contributed by atoms with Crippen LogP contribution in [-0.4, -0.2) is 20.3 Å². The highest BCUT2D eigenvalue weighted by Crippen LogP contribution is 2.07. The van der Waals surface area contributed by atoms with Crippen LogP contribution in [-0.2, 0) is 9.31 Å². The quantitative estimate of drug-likeness (QED) is 0.661. The number of rotatable bonds is 2. The fourth-order valence-corrected chi connectivity index (χ4v) is 1.35. The summed E-state index contributed by atoms with van der Waals surface area (Å²) in [5, 5.41) is 0. The lowest BCUT2D eigenvalue weighted by atomic mass is 9.89. The molecule has 3 heteroatoms. The van der Waals surface area contributed by atoms with Gasteiger partial charge in [-0.3, -0.25) is 0 Å². The Morgan fingerprint density at radius 3 is 2.43 bits per heavy atom. The highest BCUT2D eigenvalue weighted by molar-refractivity contribution is 6.52. The molecule has 0 bridgehead atoms. The van der Waals surface area contributed by atoms with Crippen LogP contribution in [0.3, 0.4) is 0 Å². The van der Waals surface area contributed by atoms with Gasteiger partial charge < -0.3 is 9.31 Å². The average molecular weight is 188 g/mol. The van der Waals surface area contributed by atoms with Crippen LogP contribution >= 0.6 is 0 Å². The van der Waals surface area contributed by atoms with Gasteiger partial charge in [-0.1, -0.05) is 41.9 Å². The Hall–Kier alpha value is -1.06. The molecule has 2 nitrogen and oxygen atoms in total. The third kappa shape index (κ3) is 2.47. The number of aryl methyl sites for hydroxylation is 1. The predicted molar refractivity (Wildman–Crippen MR) is 57.9 cm³/mol. The van der Waals surface area contributed by atoms with E-state index in [-0.39, 0.29) is 7.12 Å². The number of benzene rings is 1. The lowest BCUT2D eigenvalue weighted by Gasteiger charge is -1.97. The Labute approximate surface area is 84.7 Å². The summed E-state index contributed by atoms with van der Waals surface area (Å²) in [5.41, 5.74) is 2.45. The van der Waals surface area contributed by atoms with E-state index in [1.54, 1.807) is 0 Å². The summed E-state index contributed by atoms with van der Waals surface area (Å²) in [6.07, 6.45) is 2.02. The largest absolute Gasteiger partial charge is 0.486 e. The molecule has 0 N–H and O–H groups in total. The molecule has 1 aliphatic rings. The molecular formula is C11H13BO2.